The highest BCUT2D eigenvalue weighted by molar-refractivity contribution is 5.76. The predicted molar refractivity (Wildman–Crippen MR) is 102 cm³/mol. The van der Waals surface area contributed by atoms with Crippen LogP contribution in [0, 0.1) is 0 Å². The molecular formula is C21H24N2O3. The molecule has 0 bridgehead atoms. The lowest BCUT2D eigenvalue weighted by Crippen LogP contribution is -2.54. The molecule has 0 saturated carbocycles. The van der Waals surface area contributed by atoms with E-state index in [0.29, 0.717) is 0 Å². The molecule has 136 valence electrons. The molecule has 26 heavy (non-hydrogen) atoms. The van der Waals surface area contributed by atoms with Crippen LogP contribution in [0.15, 0.2) is 48.5 Å². The molecule has 5 heteroatoms. The van der Waals surface area contributed by atoms with Gasteiger partial charge in [-0.1, -0.05) is 32.0 Å². The van der Waals surface area contributed by atoms with Crippen LogP contribution in [0.4, 0.5) is 5.69 Å². The Morgan fingerprint density at radius 1 is 1.04 bits per heavy atom. The van der Waals surface area contributed by atoms with Gasteiger partial charge in [0.1, 0.15) is 11.5 Å². The summed E-state index contributed by atoms with van der Waals surface area (Å²) < 4.78 is 10.9. The quantitative estimate of drug-likeness (QED) is 0.912. The van der Waals surface area contributed by atoms with Gasteiger partial charge in [0.15, 0.2) is 5.72 Å². The van der Waals surface area contributed by atoms with Crippen LogP contribution in [-0.4, -0.2) is 27.0 Å². The first-order chi connectivity index (χ1) is 12.4. The van der Waals surface area contributed by atoms with Crippen LogP contribution in [0.25, 0.3) is 5.70 Å². The van der Waals surface area contributed by atoms with Gasteiger partial charge in [0.2, 0.25) is 0 Å². The van der Waals surface area contributed by atoms with E-state index in [1.54, 1.807) is 14.2 Å². The molecule has 0 saturated heterocycles. The molecule has 0 radical (unpaired) electrons. The molecule has 0 amide bonds. The molecule has 2 aliphatic rings. The third kappa shape index (κ3) is 2.07. The maximum absolute atomic E-state index is 6.23. The van der Waals surface area contributed by atoms with Gasteiger partial charge in [-0.25, -0.2) is 4.84 Å². The molecule has 1 atom stereocenters. The Morgan fingerprint density at radius 2 is 1.81 bits per heavy atom. The lowest BCUT2D eigenvalue weighted by atomic mass is 9.77. The number of nitrogens with zero attached hydrogens (tertiary/aromatic N) is 1. The predicted octanol–water partition coefficient (Wildman–Crippen LogP) is 3.70. The monoisotopic (exact) mass is 352 g/mol. The van der Waals surface area contributed by atoms with E-state index in [2.05, 4.69) is 61.6 Å². The number of hydrogen-bond donors (Lipinski definition) is 1. The topological polar surface area (TPSA) is 43.0 Å². The Morgan fingerprint density at radius 3 is 2.50 bits per heavy atom. The van der Waals surface area contributed by atoms with E-state index in [9.17, 15) is 0 Å². The number of nitrogens with one attached hydrogen (secondary N) is 1. The van der Waals surface area contributed by atoms with Crippen molar-refractivity contribution in [2.24, 2.45) is 0 Å². The van der Waals surface area contributed by atoms with E-state index in [0.717, 1.165) is 22.8 Å². The van der Waals surface area contributed by atoms with Gasteiger partial charge in [-0.3, -0.25) is 5.48 Å². The smallest absolute Gasteiger partial charge is 0.197 e. The second kappa shape index (κ2) is 5.68. The molecule has 0 fully saturated rings. The third-order valence-corrected chi connectivity index (χ3v) is 5.69. The highest BCUT2D eigenvalue weighted by Crippen LogP contribution is 2.54. The first-order valence-corrected chi connectivity index (χ1v) is 8.67. The number of benzene rings is 2. The number of fused-ring (bicyclic) bond motifs is 1. The van der Waals surface area contributed by atoms with E-state index < -0.39 is 5.72 Å². The second-order valence-electron chi connectivity index (χ2n) is 7.23. The largest absolute Gasteiger partial charge is 0.497 e. The van der Waals surface area contributed by atoms with Crippen LogP contribution in [-0.2, 0) is 10.3 Å². The van der Waals surface area contributed by atoms with Crippen LogP contribution >= 0.6 is 0 Å². The fourth-order valence-electron chi connectivity index (χ4n) is 4.10. The standard InChI is InChI=1S/C21H24N2O3/c1-20(2)16-8-6-7-9-18(16)23(3)21(20)13-17(22-26-21)15-11-10-14(24-4)12-19(15)25-5/h6-13,22H,1-5H3/t21-/m1/s1. The van der Waals surface area contributed by atoms with Gasteiger partial charge in [-0.2, -0.15) is 0 Å². The number of methoxy groups -OCH3 is 2. The molecule has 1 N–H and O–H groups in total. The highest BCUT2D eigenvalue weighted by atomic mass is 16.7. The highest BCUT2D eigenvalue weighted by Gasteiger charge is 2.58. The zero-order valence-corrected chi connectivity index (χ0v) is 15.8. The number of para-hydroxylation sites is 1. The Bertz CT molecular complexity index is 891. The first kappa shape index (κ1) is 16.8. The van der Waals surface area contributed by atoms with Gasteiger partial charge in [0.25, 0.3) is 0 Å². The zero-order chi connectivity index (χ0) is 18.5. The summed E-state index contributed by atoms with van der Waals surface area (Å²) in [6.45, 7) is 4.42. The SMILES string of the molecule is COc1ccc(C2=C[C@]3(ON2)N(C)c2ccccc2C3(C)C)c(OC)c1. The van der Waals surface area contributed by atoms with Crippen molar-refractivity contribution in [2.45, 2.75) is 25.0 Å². The van der Waals surface area contributed by atoms with Crippen molar-refractivity contribution in [1.29, 1.82) is 0 Å². The molecule has 4 rings (SSSR count). The summed E-state index contributed by atoms with van der Waals surface area (Å²) in [6, 6.07) is 14.2. The van der Waals surface area contributed by atoms with E-state index in [1.807, 2.05) is 18.2 Å². The van der Waals surface area contributed by atoms with Gasteiger partial charge in [-0.05, 0) is 29.8 Å². The van der Waals surface area contributed by atoms with Gasteiger partial charge in [-0.15, -0.1) is 0 Å². The van der Waals surface area contributed by atoms with E-state index in [4.69, 9.17) is 14.3 Å². The summed E-state index contributed by atoms with van der Waals surface area (Å²) in [5, 5.41) is 0. The van der Waals surface area contributed by atoms with Crippen molar-refractivity contribution >= 4 is 11.4 Å². The van der Waals surface area contributed by atoms with Crippen molar-refractivity contribution in [3.63, 3.8) is 0 Å². The maximum atomic E-state index is 6.23. The molecule has 1 spiro atoms. The van der Waals surface area contributed by atoms with Gasteiger partial charge in [0.05, 0.1) is 19.9 Å². The Balaban J connectivity index is 1.82. The summed E-state index contributed by atoms with van der Waals surface area (Å²) >= 11 is 0. The average Bonchev–Trinajstić information content (AvgIpc) is 3.19. The summed E-state index contributed by atoms with van der Waals surface area (Å²) in [7, 11) is 5.37. The Kier molecular flexibility index (Phi) is 3.66. The van der Waals surface area contributed by atoms with Crippen molar-refractivity contribution in [3.05, 3.63) is 59.7 Å². The molecule has 2 aromatic carbocycles. The lowest BCUT2D eigenvalue weighted by molar-refractivity contribution is -0.0679. The minimum absolute atomic E-state index is 0.229. The summed E-state index contributed by atoms with van der Waals surface area (Å²) in [5.41, 5.74) is 6.56. The van der Waals surface area contributed by atoms with E-state index >= 15 is 0 Å². The fraction of sp³-hybridized carbons (Fsp3) is 0.333. The molecular weight excluding hydrogens is 328 g/mol. The summed E-state index contributed by atoms with van der Waals surface area (Å²) in [5.74, 6) is 1.49. The van der Waals surface area contributed by atoms with E-state index in [1.165, 1.54) is 11.3 Å². The normalized spacial score (nSPS) is 22.8. The summed E-state index contributed by atoms with van der Waals surface area (Å²) in [4.78, 5) is 8.42. The molecule has 0 aromatic heterocycles. The molecule has 2 aromatic rings. The minimum Gasteiger partial charge on any atom is -0.497 e. The number of ether oxygens (including phenoxy) is 2. The third-order valence-electron chi connectivity index (χ3n) is 5.69. The van der Waals surface area contributed by atoms with Crippen molar-refractivity contribution in [3.8, 4) is 11.5 Å². The molecule has 0 aliphatic carbocycles. The van der Waals surface area contributed by atoms with E-state index in [-0.39, 0.29) is 5.41 Å². The number of rotatable bonds is 3. The van der Waals surface area contributed by atoms with Crippen LogP contribution < -0.4 is 19.9 Å². The summed E-state index contributed by atoms with van der Waals surface area (Å²) in [6.07, 6.45) is 2.15. The van der Waals surface area contributed by atoms with Gasteiger partial charge >= 0.3 is 0 Å². The Hall–Kier alpha value is -2.66. The van der Waals surface area contributed by atoms with Crippen LogP contribution in [0.5, 0.6) is 11.5 Å². The first-order valence-electron chi connectivity index (χ1n) is 8.67. The van der Waals surface area contributed by atoms with Crippen LogP contribution in [0.1, 0.15) is 25.0 Å². The molecule has 5 nitrogen and oxygen atoms in total. The number of anilines is 1. The molecule has 2 heterocycles. The molecule has 0 unspecified atom stereocenters. The molecule has 2 aliphatic heterocycles. The van der Waals surface area contributed by atoms with Crippen molar-refractivity contribution in [2.75, 3.05) is 26.2 Å². The van der Waals surface area contributed by atoms with Crippen LogP contribution in [0.2, 0.25) is 0 Å². The number of hydrogen-bond acceptors (Lipinski definition) is 5. The van der Waals surface area contributed by atoms with Crippen LogP contribution in [0.3, 0.4) is 0 Å². The fourth-order valence-corrected chi connectivity index (χ4v) is 4.10. The zero-order valence-electron chi connectivity index (χ0n) is 15.8. The Labute approximate surface area is 154 Å². The van der Waals surface area contributed by atoms with Crippen molar-refractivity contribution in [1.82, 2.24) is 5.48 Å². The van der Waals surface area contributed by atoms with Gasteiger partial charge in [0, 0.05) is 29.8 Å². The average molecular weight is 352 g/mol. The maximum Gasteiger partial charge on any atom is 0.197 e. The lowest BCUT2D eigenvalue weighted by Gasteiger charge is -2.39. The van der Waals surface area contributed by atoms with Gasteiger partial charge < -0.3 is 14.4 Å². The second-order valence-corrected chi connectivity index (χ2v) is 7.23. The number of likely N-dealkylation sites (N-methyl/N-ethyl adjacent to an activating group) is 1. The number of hydroxylamine groups is 1. The van der Waals surface area contributed by atoms with Crippen molar-refractivity contribution < 1.29 is 14.3 Å². The minimum atomic E-state index is -0.614.